The summed E-state index contributed by atoms with van der Waals surface area (Å²) >= 11 is 0.713. The third-order valence-electron chi connectivity index (χ3n) is 6.77. The highest BCUT2D eigenvalue weighted by atomic mass is 32.1. The topological polar surface area (TPSA) is 178 Å². The van der Waals surface area contributed by atoms with Gasteiger partial charge < -0.3 is 40.5 Å². The van der Waals surface area contributed by atoms with Gasteiger partial charge >= 0.3 is 0 Å². The molecule has 1 aromatic heterocycles. The van der Waals surface area contributed by atoms with Crippen molar-refractivity contribution in [3.05, 3.63) is 52.5 Å². The number of anilines is 2. The van der Waals surface area contributed by atoms with E-state index in [0.29, 0.717) is 52.4 Å². The number of nitrogens with one attached hydrogen (secondary N) is 1. The minimum atomic E-state index is -1.23. The number of benzene rings is 2. The SMILES string of the molecule is COc1ccc([C@@H](C(=O)NC[C@H]2CCCO2)N(C(=O)c2snc(C(N)=O)c2N)c2ccc3c(c2)OCO3)cc1OC. The first-order chi connectivity index (χ1) is 19.8. The Morgan fingerprint density at radius 3 is 2.59 bits per heavy atom. The molecule has 3 heterocycles. The average molecular weight is 584 g/mol. The Bertz CT molecular complexity index is 1470. The average Bonchev–Trinajstić information content (AvgIpc) is 3.74. The van der Waals surface area contributed by atoms with E-state index in [4.69, 9.17) is 35.2 Å². The molecule has 0 aliphatic carbocycles. The molecule has 1 saturated heterocycles. The van der Waals surface area contributed by atoms with Gasteiger partial charge in [-0.1, -0.05) is 6.07 Å². The summed E-state index contributed by atoms with van der Waals surface area (Å²) < 4.78 is 31.5. The van der Waals surface area contributed by atoms with Crippen LogP contribution in [0.5, 0.6) is 23.0 Å². The van der Waals surface area contributed by atoms with E-state index in [1.165, 1.54) is 19.1 Å². The van der Waals surface area contributed by atoms with Crippen molar-refractivity contribution in [3.8, 4) is 23.0 Å². The van der Waals surface area contributed by atoms with Crippen LogP contribution in [0, 0.1) is 0 Å². The van der Waals surface area contributed by atoms with Gasteiger partial charge in [0.1, 0.15) is 10.9 Å². The van der Waals surface area contributed by atoms with Gasteiger partial charge in [0.25, 0.3) is 11.8 Å². The van der Waals surface area contributed by atoms with Crippen LogP contribution in [0.2, 0.25) is 0 Å². The van der Waals surface area contributed by atoms with E-state index in [9.17, 15) is 14.4 Å². The van der Waals surface area contributed by atoms with Gasteiger partial charge in [0, 0.05) is 24.9 Å². The molecule has 0 unspecified atom stereocenters. The van der Waals surface area contributed by atoms with Gasteiger partial charge in [-0.2, -0.15) is 4.37 Å². The van der Waals surface area contributed by atoms with E-state index >= 15 is 0 Å². The summed E-state index contributed by atoms with van der Waals surface area (Å²) in [6.07, 6.45) is 1.56. The summed E-state index contributed by atoms with van der Waals surface area (Å²) in [6, 6.07) is 8.54. The number of carbonyl (C=O) groups is 3. The molecule has 14 heteroatoms. The summed E-state index contributed by atoms with van der Waals surface area (Å²) in [7, 11) is 2.97. The summed E-state index contributed by atoms with van der Waals surface area (Å²) in [6.45, 7) is 0.881. The standard InChI is InChI=1S/C27H29N5O8S/c1-36-17-7-5-14(10-19(17)37-2)23(26(34)30-12-16-4-3-9-38-16)32(15-6-8-18-20(11-15)40-13-39-18)27(35)24-21(28)22(25(29)33)31-41-24/h5-8,10-11,16,23H,3-4,9,12-13,28H2,1-2H3,(H2,29,33)(H,30,34)/t16-,23+/m1/s1. The lowest BCUT2D eigenvalue weighted by Gasteiger charge is -2.32. The number of rotatable bonds is 10. The molecule has 5 N–H and O–H groups in total. The van der Waals surface area contributed by atoms with Crippen molar-refractivity contribution in [2.24, 2.45) is 5.73 Å². The van der Waals surface area contributed by atoms with Crippen LogP contribution < -0.4 is 40.6 Å². The lowest BCUT2D eigenvalue weighted by atomic mass is 10.0. The van der Waals surface area contributed by atoms with E-state index in [2.05, 4.69) is 9.69 Å². The Hall–Kier alpha value is -4.56. The second kappa shape index (κ2) is 11.9. The Kier molecular flexibility index (Phi) is 8.12. The maximum atomic E-state index is 14.3. The zero-order chi connectivity index (χ0) is 29.1. The molecule has 2 aliphatic rings. The van der Waals surface area contributed by atoms with Crippen molar-refractivity contribution < 1.29 is 38.1 Å². The molecule has 2 aromatic carbocycles. The van der Waals surface area contributed by atoms with Crippen LogP contribution in [0.25, 0.3) is 0 Å². The van der Waals surface area contributed by atoms with Crippen molar-refractivity contribution in [2.75, 3.05) is 44.8 Å². The van der Waals surface area contributed by atoms with Crippen molar-refractivity contribution in [3.63, 3.8) is 0 Å². The fraction of sp³-hybridized carbons (Fsp3) is 0.333. The van der Waals surface area contributed by atoms with E-state index < -0.39 is 23.8 Å². The minimum absolute atomic E-state index is 0.0114. The number of amides is 3. The number of nitrogens with two attached hydrogens (primary N) is 2. The van der Waals surface area contributed by atoms with Crippen molar-refractivity contribution in [1.82, 2.24) is 9.69 Å². The van der Waals surface area contributed by atoms with Crippen molar-refractivity contribution in [2.45, 2.75) is 25.0 Å². The molecule has 13 nitrogen and oxygen atoms in total. The van der Waals surface area contributed by atoms with Gasteiger partial charge in [0.05, 0.1) is 26.0 Å². The van der Waals surface area contributed by atoms with Crippen molar-refractivity contribution >= 4 is 40.6 Å². The Labute approximate surface area is 239 Å². The van der Waals surface area contributed by atoms with E-state index in [1.807, 2.05) is 0 Å². The molecule has 3 amide bonds. The van der Waals surface area contributed by atoms with Gasteiger partial charge in [0.2, 0.25) is 12.7 Å². The van der Waals surface area contributed by atoms with Crippen LogP contribution in [0.3, 0.4) is 0 Å². The number of fused-ring (bicyclic) bond motifs is 1. The molecule has 3 aromatic rings. The third-order valence-corrected chi connectivity index (χ3v) is 7.62. The predicted molar refractivity (Wildman–Crippen MR) is 149 cm³/mol. The van der Waals surface area contributed by atoms with Gasteiger partial charge in [-0.25, -0.2) is 0 Å². The highest BCUT2D eigenvalue weighted by molar-refractivity contribution is 7.09. The van der Waals surface area contributed by atoms with Gasteiger partial charge in [-0.15, -0.1) is 0 Å². The molecule has 216 valence electrons. The molecule has 5 rings (SSSR count). The van der Waals surface area contributed by atoms with Gasteiger partial charge in [-0.3, -0.25) is 19.3 Å². The quantitative estimate of drug-likeness (QED) is 0.321. The van der Waals surface area contributed by atoms with E-state index in [-0.39, 0.29) is 35.7 Å². The van der Waals surface area contributed by atoms with Crippen LogP contribution in [0.4, 0.5) is 11.4 Å². The van der Waals surface area contributed by atoms with Gasteiger partial charge in [-0.05, 0) is 54.2 Å². The smallest absolute Gasteiger partial charge is 0.273 e. The Morgan fingerprint density at radius 2 is 1.90 bits per heavy atom. The zero-order valence-electron chi connectivity index (χ0n) is 22.4. The highest BCUT2D eigenvalue weighted by Crippen LogP contribution is 2.41. The van der Waals surface area contributed by atoms with Crippen LogP contribution in [-0.2, 0) is 9.53 Å². The molecule has 0 radical (unpaired) electrons. The maximum Gasteiger partial charge on any atom is 0.273 e. The maximum absolute atomic E-state index is 14.3. The number of hydrogen-bond donors (Lipinski definition) is 3. The molecule has 2 atom stereocenters. The first kappa shape index (κ1) is 28.0. The largest absolute Gasteiger partial charge is 0.493 e. The monoisotopic (exact) mass is 583 g/mol. The first-order valence-electron chi connectivity index (χ1n) is 12.7. The summed E-state index contributed by atoms with van der Waals surface area (Å²) in [5.41, 5.74) is 11.9. The molecule has 0 saturated carbocycles. The van der Waals surface area contributed by atoms with Crippen LogP contribution in [0.1, 0.15) is 44.6 Å². The Balaban J connectivity index is 1.64. The fourth-order valence-electron chi connectivity index (χ4n) is 4.71. The lowest BCUT2D eigenvalue weighted by molar-refractivity contribution is -0.123. The van der Waals surface area contributed by atoms with Crippen LogP contribution >= 0.6 is 11.5 Å². The summed E-state index contributed by atoms with van der Waals surface area (Å²) in [5, 5.41) is 2.93. The molecule has 1 fully saturated rings. The molecule has 2 aliphatic heterocycles. The number of nitrogens with zero attached hydrogens (tertiary/aromatic N) is 2. The molecular formula is C27H29N5O8S. The summed E-state index contributed by atoms with van der Waals surface area (Å²) in [4.78, 5) is 41.4. The van der Waals surface area contributed by atoms with E-state index in [1.54, 1.807) is 36.4 Å². The molecule has 0 spiro atoms. The second-order valence-corrected chi connectivity index (χ2v) is 10.0. The number of hydrogen-bond acceptors (Lipinski definition) is 11. The Morgan fingerprint density at radius 1 is 1.12 bits per heavy atom. The van der Waals surface area contributed by atoms with Crippen molar-refractivity contribution in [1.29, 1.82) is 0 Å². The zero-order valence-corrected chi connectivity index (χ0v) is 23.2. The minimum Gasteiger partial charge on any atom is -0.493 e. The van der Waals surface area contributed by atoms with Gasteiger partial charge in [0.15, 0.2) is 28.7 Å². The predicted octanol–water partition coefficient (Wildman–Crippen LogP) is 2.25. The summed E-state index contributed by atoms with van der Waals surface area (Å²) in [5.74, 6) is -0.378. The lowest BCUT2D eigenvalue weighted by Crippen LogP contribution is -2.45. The second-order valence-electron chi connectivity index (χ2n) is 9.25. The number of primary amides is 1. The number of nitrogen functional groups attached to an aromatic ring is 1. The number of aromatic nitrogens is 1. The van der Waals surface area contributed by atoms with Crippen LogP contribution in [-0.4, -0.2) is 62.4 Å². The van der Waals surface area contributed by atoms with E-state index in [0.717, 1.165) is 12.8 Å². The number of carbonyl (C=O) groups excluding carboxylic acids is 3. The fourth-order valence-corrected chi connectivity index (χ4v) is 5.46. The van der Waals surface area contributed by atoms with Crippen LogP contribution in [0.15, 0.2) is 36.4 Å². The third kappa shape index (κ3) is 5.56. The number of methoxy groups -OCH3 is 2. The molecule has 41 heavy (non-hydrogen) atoms. The molecular weight excluding hydrogens is 554 g/mol. The number of ether oxygens (including phenoxy) is 5. The highest BCUT2D eigenvalue weighted by Gasteiger charge is 2.37. The molecule has 0 bridgehead atoms. The normalized spacial score (nSPS) is 16.2. The first-order valence-corrected chi connectivity index (χ1v) is 13.5.